The Bertz CT molecular complexity index is 511. The number of halogens is 4. The molecule has 1 aliphatic carbocycles. The van der Waals surface area contributed by atoms with E-state index in [0.717, 1.165) is 0 Å². The number of nitriles is 1. The van der Waals surface area contributed by atoms with Crippen molar-refractivity contribution in [3.63, 3.8) is 0 Å². The summed E-state index contributed by atoms with van der Waals surface area (Å²) in [5.41, 5.74) is -0.632. The molecule has 0 aliphatic heterocycles. The number of benzene rings is 1. The zero-order chi connectivity index (χ0) is 14.8. The molecule has 2 nitrogen and oxygen atoms in total. The van der Waals surface area contributed by atoms with E-state index in [1.54, 1.807) is 6.07 Å². The van der Waals surface area contributed by atoms with E-state index >= 15 is 0 Å². The van der Waals surface area contributed by atoms with Crippen molar-refractivity contribution in [1.82, 2.24) is 0 Å². The minimum atomic E-state index is -4.21. The van der Waals surface area contributed by atoms with Crippen LogP contribution in [0, 0.1) is 23.1 Å². The van der Waals surface area contributed by atoms with Gasteiger partial charge in [-0.05, 0) is 43.9 Å². The van der Waals surface area contributed by atoms with Gasteiger partial charge in [0.15, 0.2) is 0 Å². The Kier molecular flexibility index (Phi) is 3.89. The summed E-state index contributed by atoms with van der Waals surface area (Å²) in [6, 6.07) is 7.64. The highest BCUT2D eigenvalue weighted by atomic mass is 19.4. The monoisotopic (exact) mass is 286 g/mol. The van der Waals surface area contributed by atoms with Gasteiger partial charge in [-0.15, -0.1) is 0 Å². The van der Waals surface area contributed by atoms with Gasteiger partial charge < -0.3 is 5.32 Å². The molecule has 1 aromatic carbocycles. The summed E-state index contributed by atoms with van der Waals surface area (Å²) in [5, 5.41) is 12.2. The van der Waals surface area contributed by atoms with Crippen LogP contribution in [0.2, 0.25) is 0 Å². The number of rotatable bonds is 2. The zero-order valence-electron chi connectivity index (χ0n) is 10.7. The molecule has 6 heteroatoms. The van der Waals surface area contributed by atoms with Gasteiger partial charge in [0.2, 0.25) is 0 Å². The van der Waals surface area contributed by atoms with Crippen molar-refractivity contribution in [1.29, 1.82) is 5.26 Å². The predicted molar refractivity (Wildman–Crippen MR) is 66.4 cm³/mol. The van der Waals surface area contributed by atoms with Crippen molar-refractivity contribution in [2.45, 2.75) is 37.4 Å². The minimum Gasteiger partial charge on any atom is -0.367 e. The van der Waals surface area contributed by atoms with Gasteiger partial charge in [-0.3, -0.25) is 0 Å². The summed E-state index contributed by atoms with van der Waals surface area (Å²) >= 11 is 0. The molecule has 1 N–H and O–H groups in total. The lowest BCUT2D eigenvalue weighted by atomic mass is 9.77. The first-order chi connectivity index (χ1) is 9.35. The van der Waals surface area contributed by atoms with E-state index in [1.165, 1.54) is 18.2 Å². The predicted octanol–water partition coefficient (Wildman–Crippen LogP) is 4.25. The molecule has 0 atom stereocenters. The molecule has 0 aromatic heterocycles. The smallest absolute Gasteiger partial charge is 0.367 e. The maximum Gasteiger partial charge on any atom is 0.391 e. The summed E-state index contributed by atoms with van der Waals surface area (Å²) < 4.78 is 51.0. The fourth-order valence-corrected chi connectivity index (χ4v) is 2.55. The van der Waals surface area contributed by atoms with Gasteiger partial charge in [-0.2, -0.15) is 18.4 Å². The Morgan fingerprint density at radius 2 is 1.90 bits per heavy atom. The molecule has 0 unspecified atom stereocenters. The molecule has 2 rings (SSSR count). The van der Waals surface area contributed by atoms with Crippen molar-refractivity contribution in [2.75, 3.05) is 5.32 Å². The molecular formula is C14H14F4N2. The number of alkyl halides is 3. The van der Waals surface area contributed by atoms with E-state index in [0.29, 0.717) is 5.69 Å². The quantitative estimate of drug-likeness (QED) is 0.825. The van der Waals surface area contributed by atoms with Gasteiger partial charge in [-0.1, -0.05) is 6.07 Å². The first-order valence-electron chi connectivity index (χ1n) is 6.36. The van der Waals surface area contributed by atoms with Crippen molar-refractivity contribution >= 4 is 5.69 Å². The lowest BCUT2D eigenvalue weighted by Crippen LogP contribution is -2.43. The van der Waals surface area contributed by atoms with E-state index in [-0.39, 0.29) is 25.7 Å². The van der Waals surface area contributed by atoms with Crippen LogP contribution in [-0.4, -0.2) is 11.7 Å². The van der Waals surface area contributed by atoms with Gasteiger partial charge in [0.05, 0.1) is 12.0 Å². The topological polar surface area (TPSA) is 35.8 Å². The average Bonchev–Trinajstić information content (AvgIpc) is 2.38. The number of hydrogen-bond donors (Lipinski definition) is 1. The van der Waals surface area contributed by atoms with Crippen LogP contribution in [0.3, 0.4) is 0 Å². The van der Waals surface area contributed by atoms with Gasteiger partial charge in [-0.25, -0.2) is 4.39 Å². The molecule has 0 bridgehead atoms. The summed E-state index contributed by atoms with van der Waals surface area (Å²) in [5.74, 6) is -1.80. The minimum absolute atomic E-state index is 0.0840. The highest BCUT2D eigenvalue weighted by Gasteiger charge is 2.46. The lowest BCUT2D eigenvalue weighted by molar-refractivity contribution is -0.183. The van der Waals surface area contributed by atoms with Crippen LogP contribution >= 0.6 is 0 Å². The van der Waals surface area contributed by atoms with Crippen molar-refractivity contribution in [2.24, 2.45) is 5.92 Å². The normalized spacial score (nSPS) is 26.9. The van der Waals surface area contributed by atoms with Crippen LogP contribution in [0.5, 0.6) is 0 Å². The van der Waals surface area contributed by atoms with Crippen LogP contribution in [0.25, 0.3) is 0 Å². The van der Waals surface area contributed by atoms with E-state index < -0.39 is 23.5 Å². The summed E-state index contributed by atoms with van der Waals surface area (Å²) in [6.07, 6.45) is -4.17. The second kappa shape index (κ2) is 5.31. The van der Waals surface area contributed by atoms with Gasteiger partial charge in [0, 0.05) is 5.69 Å². The third kappa shape index (κ3) is 3.21. The zero-order valence-corrected chi connectivity index (χ0v) is 10.7. The highest BCUT2D eigenvalue weighted by molar-refractivity contribution is 5.48. The lowest BCUT2D eigenvalue weighted by Gasteiger charge is -2.36. The fourth-order valence-electron chi connectivity index (χ4n) is 2.55. The Balaban J connectivity index is 2.08. The molecule has 0 spiro atoms. The molecule has 108 valence electrons. The van der Waals surface area contributed by atoms with Crippen LogP contribution in [-0.2, 0) is 0 Å². The Labute approximate surface area is 114 Å². The molecule has 0 amide bonds. The molecule has 20 heavy (non-hydrogen) atoms. The third-order valence-electron chi connectivity index (χ3n) is 3.72. The second-order valence-corrected chi connectivity index (χ2v) is 5.15. The van der Waals surface area contributed by atoms with Crippen LogP contribution < -0.4 is 5.32 Å². The van der Waals surface area contributed by atoms with Crippen molar-refractivity contribution in [3.8, 4) is 6.07 Å². The van der Waals surface area contributed by atoms with Crippen LogP contribution in [0.15, 0.2) is 24.3 Å². The Hall–Kier alpha value is -1.77. The summed E-state index contributed by atoms with van der Waals surface area (Å²) in [7, 11) is 0. The first kappa shape index (κ1) is 14.6. The molecule has 1 fully saturated rings. The molecular weight excluding hydrogens is 272 g/mol. The number of nitrogens with one attached hydrogen (secondary N) is 1. The fraction of sp³-hybridized carbons (Fsp3) is 0.500. The van der Waals surface area contributed by atoms with E-state index in [4.69, 9.17) is 0 Å². The van der Waals surface area contributed by atoms with Crippen molar-refractivity contribution < 1.29 is 17.6 Å². The van der Waals surface area contributed by atoms with Gasteiger partial charge in [0.1, 0.15) is 11.4 Å². The molecule has 0 radical (unpaired) electrons. The standard InChI is InChI=1S/C14H14F4N2/c15-11-2-1-3-12(8-11)20-13(9-19)6-4-10(5-7-13)14(16,17)18/h1-3,8,10,20H,4-7H2. The second-order valence-electron chi connectivity index (χ2n) is 5.15. The van der Waals surface area contributed by atoms with E-state index in [9.17, 15) is 22.8 Å². The van der Waals surface area contributed by atoms with E-state index in [1.807, 2.05) is 0 Å². The van der Waals surface area contributed by atoms with E-state index in [2.05, 4.69) is 11.4 Å². The first-order valence-corrected chi connectivity index (χ1v) is 6.36. The maximum atomic E-state index is 13.1. The Morgan fingerprint density at radius 1 is 1.25 bits per heavy atom. The third-order valence-corrected chi connectivity index (χ3v) is 3.72. The van der Waals surface area contributed by atoms with Gasteiger partial charge >= 0.3 is 6.18 Å². The largest absolute Gasteiger partial charge is 0.391 e. The average molecular weight is 286 g/mol. The molecule has 1 saturated carbocycles. The molecule has 0 saturated heterocycles. The maximum absolute atomic E-state index is 13.1. The SMILES string of the molecule is N#CC1(Nc2cccc(F)c2)CCC(C(F)(F)F)CC1. The number of hydrogen-bond acceptors (Lipinski definition) is 2. The highest BCUT2D eigenvalue weighted by Crippen LogP contribution is 2.42. The summed E-state index contributed by atoms with van der Waals surface area (Å²) in [6.45, 7) is 0. The Morgan fingerprint density at radius 3 is 2.40 bits per heavy atom. The van der Waals surface area contributed by atoms with Crippen LogP contribution in [0.1, 0.15) is 25.7 Å². The van der Waals surface area contributed by atoms with Crippen LogP contribution in [0.4, 0.5) is 23.2 Å². The summed E-state index contributed by atoms with van der Waals surface area (Å²) in [4.78, 5) is 0. The molecule has 1 aromatic rings. The number of anilines is 1. The molecule has 1 aliphatic rings. The van der Waals surface area contributed by atoms with Crippen molar-refractivity contribution in [3.05, 3.63) is 30.1 Å². The number of nitrogens with zero attached hydrogens (tertiary/aromatic N) is 1. The van der Waals surface area contributed by atoms with Gasteiger partial charge in [0.25, 0.3) is 0 Å². The molecule has 0 heterocycles.